The molecular formula is C52H100O6. The van der Waals surface area contributed by atoms with E-state index in [0.29, 0.717) is 19.3 Å². The first-order valence-electron chi connectivity index (χ1n) is 25.7. The highest BCUT2D eigenvalue weighted by atomic mass is 16.6. The van der Waals surface area contributed by atoms with Crippen LogP contribution in [0.3, 0.4) is 0 Å². The molecule has 1 atom stereocenters. The normalized spacial score (nSPS) is 12.1. The highest BCUT2D eigenvalue weighted by molar-refractivity contribution is 5.71. The maximum Gasteiger partial charge on any atom is 0.306 e. The van der Waals surface area contributed by atoms with E-state index in [1.54, 1.807) is 0 Å². The van der Waals surface area contributed by atoms with Crippen molar-refractivity contribution in [1.29, 1.82) is 0 Å². The zero-order chi connectivity index (χ0) is 42.6. The predicted octanol–water partition coefficient (Wildman–Crippen LogP) is 16.5. The van der Waals surface area contributed by atoms with Gasteiger partial charge in [0.05, 0.1) is 0 Å². The summed E-state index contributed by atoms with van der Waals surface area (Å²) in [5.74, 6) is 0.791. The van der Waals surface area contributed by atoms with E-state index in [0.717, 1.165) is 69.6 Å². The largest absolute Gasteiger partial charge is 0.462 e. The molecule has 0 aromatic heterocycles. The van der Waals surface area contributed by atoms with Gasteiger partial charge in [0.1, 0.15) is 13.2 Å². The Balaban J connectivity index is 4.28. The Labute approximate surface area is 361 Å². The number of hydrogen-bond acceptors (Lipinski definition) is 6. The summed E-state index contributed by atoms with van der Waals surface area (Å²) >= 11 is 0. The van der Waals surface area contributed by atoms with Crippen molar-refractivity contribution in [1.82, 2.24) is 0 Å². The van der Waals surface area contributed by atoms with Gasteiger partial charge in [0.2, 0.25) is 0 Å². The Morgan fingerprint density at radius 2 is 0.569 bits per heavy atom. The Kier molecular flexibility index (Phi) is 43.7. The van der Waals surface area contributed by atoms with Crippen LogP contribution >= 0.6 is 0 Å². The molecule has 0 aliphatic rings. The molecule has 0 N–H and O–H groups in total. The first-order chi connectivity index (χ1) is 28.2. The van der Waals surface area contributed by atoms with E-state index in [1.807, 2.05) is 0 Å². The number of unbranched alkanes of at least 4 members (excludes halogenated alkanes) is 31. The average Bonchev–Trinajstić information content (AvgIpc) is 3.19. The molecule has 0 saturated carbocycles. The van der Waals surface area contributed by atoms with Crippen LogP contribution in [0.2, 0.25) is 0 Å². The second-order valence-corrected chi connectivity index (χ2v) is 18.8. The fourth-order valence-corrected chi connectivity index (χ4v) is 7.81. The van der Waals surface area contributed by atoms with Gasteiger partial charge in [-0.25, -0.2) is 0 Å². The molecule has 0 bridgehead atoms. The van der Waals surface area contributed by atoms with E-state index >= 15 is 0 Å². The van der Waals surface area contributed by atoms with Crippen LogP contribution in [-0.4, -0.2) is 37.2 Å². The summed E-state index contributed by atoms with van der Waals surface area (Å²) < 4.78 is 16.8. The first kappa shape index (κ1) is 56.4. The maximum atomic E-state index is 12.8. The summed E-state index contributed by atoms with van der Waals surface area (Å²) in [6.45, 7) is 11.3. The van der Waals surface area contributed by atoms with Crippen molar-refractivity contribution in [2.24, 2.45) is 11.8 Å². The van der Waals surface area contributed by atoms with E-state index in [9.17, 15) is 14.4 Å². The third-order valence-electron chi connectivity index (χ3n) is 11.7. The standard InChI is InChI=1S/C52H100O6/c1-6-7-8-9-10-11-12-18-22-29-34-39-44-52(55)58-49(46-57-51(54)43-38-33-28-24-23-26-31-36-41-48(4)5)45-56-50(53)42-37-32-27-21-19-16-14-13-15-17-20-25-30-35-40-47(2)3/h47-49H,6-46H2,1-5H3/t49-/m0/s1. The molecule has 0 aliphatic carbocycles. The van der Waals surface area contributed by atoms with Gasteiger partial charge >= 0.3 is 17.9 Å². The molecule has 344 valence electrons. The summed E-state index contributed by atoms with van der Waals surface area (Å²) in [6, 6.07) is 0. The van der Waals surface area contributed by atoms with Crippen molar-refractivity contribution in [3.8, 4) is 0 Å². The van der Waals surface area contributed by atoms with Gasteiger partial charge in [-0.1, -0.05) is 247 Å². The van der Waals surface area contributed by atoms with Gasteiger partial charge in [-0.15, -0.1) is 0 Å². The molecule has 0 unspecified atom stereocenters. The zero-order valence-electron chi connectivity index (χ0n) is 39.7. The van der Waals surface area contributed by atoms with Crippen LogP contribution in [-0.2, 0) is 28.6 Å². The van der Waals surface area contributed by atoms with Gasteiger partial charge in [-0.2, -0.15) is 0 Å². The van der Waals surface area contributed by atoms with Crippen LogP contribution in [0.15, 0.2) is 0 Å². The summed E-state index contributed by atoms with van der Waals surface area (Å²) in [7, 11) is 0. The number of rotatable bonds is 46. The van der Waals surface area contributed by atoms with Crippen LogP contribution < -0.4 is 0 Å². The van der Waals surface area contributed by atoms with Crippen LogP contribution in [0, 0.1) is 11.8 Å². The Bertz CT molecular complexity index is 885. The van der Waals surface area contributed by atoms with Crippen LogP contribution in [0.5, 0.6) is 0 Å². The Morgan fingerprint density at radius 3 is 0.845 bits per heavy atom. The smallest absolute Gasteiger partial charge is 0.306 e. The minimum atomic E-state index is -0.761. The number of hydrogen-bond donors (Lipinski definition) is 0. The van der Waals surface area contributed by atoms with Gasteiger partial charge in [0.15, 0.2) is 6.10 Å². The lowest BCUT2D eigenvalue weighted by Crippen LogP contribution is -2.30. The van der Waals surface area contributed by atoms with Crippen molar-refractivity contribution in [3.63, 3.8) is 0 Å². The molecule has 0 rings (SSSR count). The van der Waals surface area contributed by atoms with Crippen molar-refractivity contribution in [3.05, 3.63) is 0 Å². The minimum absolute atomic E-state index is 0.0639. The van der Waals surface area contributed by atoms with E-state index in [2.05, 4.69) is 34.6 Å². The molecule has 0 amide bonds. The zero-order valence-corrected chi connectivity index (χ0v) is 39.7. The monoisotopic (exact) mass is 821 g/mol. The van der Waals surface area contributed by atoms with Crippen molar-refractivity contribution < 1.29 is 28.6 Å². The van der Waals surface area contributed by atoms with Crippen molar-refractivity contribution in [2.75, 3.05) is 13.2 Å². The lowest BCUT2D eigenvalue weighted by molar-refractivity contribution is -0.167. The number of ether oxygens (including phenoxy) is 3. The summed E-state index contributed by atoms with van der Waals surface area (Å²) in [5, 5.41) is 0. The molecule has 58 heavy (non-hydrogen) atoms. The Morgan fingerprint density at radius 1 is 0.328 bits per heavy atom. The first-order valence-corrected chi connectivity index (χ1v) is 25.7. The molecule has 6 heteroatoms. The summed E-state index contributed by atoms with van der Waals surface area (Å²) in [6.07, 6.45) is 45.2. The quantitative estimate of drug-likeness (QED) is 0.0346. The molecule has 6 nitrogen and oxygen atoms in total. The van der Waals surface area contributed by atoms with Gasteiger partial charge in [0, 0.05) is 19.3 Å². The van der Waals surface area contributed by atoms with Crippen LogP contribution in [0.1, 0.15) is 285 Å². The summed E-state index contributed by atoms with van der Waals surface area (Å²) in [4.78, 5) is 37.9. The minimum Gasteiger partial charge on any atom is -0.462 e. The molecule has 0 aromatic rings. The molecular weight excluding hydrogens is 721 g/mol. The molecule has 0 spiro atoms. The maximum absolute atomic E-state index is 12.8. The second-order valence-electron chi connectivity index (χ2n) is 18.8. The predicted molar refractivity (Wildman–Crippen MR) is 247 cm³/mol. The van der Waals surface area contributed by atoms with Gasteiger partial charge in [-0.05, 0) is 31.1 Å². The second kappa shape index (κ2) is 44.9. The Hall–Kier alpha value is -1.59. The van der Waals surface area contributed by atoms with E-state index in [4.69, 9.17) is 14.2 Å². The number of carbonyl (C=O) groups excluding carboxylic acids is 3. The molecule has 0 aromatic carbocycles. The lowest BCUT2D eigenvalue weighted by Gasteiger charge is -2.18. The number of esters is 3. The van der Waals surface area contributed by atoms with Gasteiger partial charge < -0.3 is 14.2 Å². The number of carbonyl (C=O) groups is 3. The molecule has 0 heterocycles. The average molecular weight is 821 g/mol. The van der Waals surface area contributed by atoms with Crippen molar-refractivity contribution in [2.45, 2.75) is 291 Å². The van der Waals surface area contributed by atoms with Crippen LogP contribution in [0.4, 0.5) is 0 Å². The topological polar surface area (TPSA) is 78.9 Å². The van der Waals surface area contributed by atoms with E-state index in [-0.39, 0.29) is 31.1 Å². The summed E-state index contributed by atoms with van der Waals surface area (Å²) in [5.41, 5.74) is 0. The van der Waals surface area contributed by atoms with Crippen LogP contribution in [0.25, 0.3) is 0 Å². The third-order valence-corrected chi connectivity index (χ3v) is 11.7. The lowest BCUT2D eigenvalue weighted by atomic mass is 10.0. The van der Waals surface area contributed by atoms with Gasteiger partial charge in [0.25, 0.3) is 0 Å². The van der Waals surface area contributed by atoms with Gasteiger partial charge in [-0.3, -0.25) is 14.4 Å². The molecule has 0 saturated heterocycles. The third kappa shape index (κ3) is 45.5. The fraction of sp³-hybridized carbons (Fsp3) is 0.942. The van der Waals surface area contributed by atoms with E-state index < -0.39 is 6.10 Å². The van der Waals surface area contributed by atoms with Crippen molar-refractivity contribution >= 4 is 17.9 Å². The molecule has 0 fully saturated rings. The highest BCUT2D eigenvalue weighted by Gasteiger charge is 2.19. The van der Waals surface area contributed by atoms with E-state index in [1.165, 1.54) is 173 Å². The SMILES string of the molecule is CCCCCCCCCCCCCCC(=O)O[C@@H](COC(=O)CCCCCCCCCCCCCCCCC(C)C)COC(=O)CCCCCCCCCCC(C)C. The fourth-order valence-electron chi connectivity index (χ4n) is 7.81. The molecule has 0 aliphatic heterocycles. The highest BCUT2D eigenvalue weighted by Crippen LogP contribution is 2.17. The molecule has 0 radical (unpaired) electrons.